The summed E-state index contributed by atoms with van der Waals surface area (Å²) in [6.07, 6.45) is 7.48. The second-order valence-electron chi connectivity index (χ2n) is 9.07. The maximum absolute atomic E-state index is 12.9. The van der Waals surface area contributed by atoms with Crippen LogP contribution < -0.4 is 14.2 Å². The van der Waals surface area contributed by atoms with Crippen molar-refractivity contribution in [2.75, 3.05) is 19.8 Å². The predicted octanol–water partition coefficient (Wildman–Crippen LogP) is 6.51. The highest BCUT2D eigenvalue weighted by Gasteiger charge is 2.38. The van der Waals surface area contributed by atoms with Crippen LogP contribution in [0.5, 0.6) is 17.2 Å². The van der Waals surface area contributed by atoms with Gasteiger partial charge in [-0.05, 0) is 83.4 Å². The Morgan fingerprint density at radius 2 is 1.87 bits per heavy atom. The van der Waals surface area contributed by atoms with Crippen molar-refractivity contribution < 1.29 is 19.0 Å². The molecule has 0 saturated heterocycles. The molecule has 3 aliphatic rings. The maximum atomic E-state index is 12.9. The number of nitrogens with zero attached hydrogens (tertiary/aromatic N) is 3. The van der Waals surface area contributed by atoms with E-state index in [0.29, 0.717) is 52.4 Å². The van der Waals surface area contributed by atoms with Crippen molar-refractivity contribution in [2.45, 2.75) is 39.0 Å². The number of carbonyl (C=O) groups excluding carboxylic acids is 1. The van der Waals surface area contributed by atoms with Crippen LogP contribution in [0.1, 0.15) is 44.6 Å². The normalized spacial score (nSPS) is 18.8. The van der Waals surface area contributed by atoms with Crippen LogP contribution in [0.15, 0.2) is 62.6 Å². The highest BCUT2D eigenvalue weighted by molar-refractivity contribution is 9.10. The van der Waals surface area contributed by atoms with E-state index in [-0.39, 0.29) is 11.4 Å². The van der Waals surface area contributed by atoms with Gasteiger partial charge in [0.2, 0.25) is 5.17 Å². The number of rotatable bonds is 9. The first-order chi connectivity index (χ1) is 18.5. The number of para-hydroxylation sites is 1. The molecule has 2 aromatic rings. The summed E-state index contributed by atoms with van der Waals surface area (Å²) in [6.45, 7) is 3.03. The molecule has 5 rings (SSSR count). The van der Waals surface area contributed by atoms with E-state index in [1.165, 1.54) is 36.0 Å². The second kappa shape index (κ2) is 12.2. The lowest BCUT2D eigenvalue weighted by molar-refractivity contribution is -0.114. The van der Waals surface area contributed by atoms with E-state index in [4.69, 9.17) is 19.6 Å². The minimum atomic E-state index is -0.443. The Hall–Kier alpha value is -3.11. The van der Waals surface area contributed by atoms with Gasteiger partial charge < -0.3 is 14.2 Å². The molecule has 0 spiro atoms. The van der Waals surface area contributed by atoms with Crippen LogP contribution >= 0.6 is 27.7 Å². The van der Waals surface area contributed by atoms with Crippen LogP contribution in [0.2, 0.25) is 0 Å². The smallest absolute Gasteiger partial charge is 0.283 e. The predicted molar refractivity (Wildman–Crippen MR) is 154 cm³/mol. The number of halogens is 1. The van der Waals surface area contributed by atoms with Crippen molar-refractivity contribution in [1.82, 2.24) is 5.01 Å². The lowest BCUT2D eigenvalue weighted by Crippen LogP contribution is -2.35. The van der Waals surface area contributed by atoms with E-state index in [2.05, 4.69) is 26.0 Å². The first-order valence-corrected chi connectivity index (χ1v) is 14.4. The zero-order chi connectivity index (χ0) is 26.5. The van der Waals surface area contributed by atoms with Crippen molar-refractivity contribution in [2.24, 2.45) is 16.0 Å². The number of aliphatic imine (C=N–C) groups is 1. The van der Waals surface area contributed by atoms with Crippen LogP contribution in [0, 0.1) is 11.3 Å². The average Bonchev–Trinajstić information content (AvgIpc) is 3.36. The molecular formula is C28H29BrN4O4S. The number of hydrogen-bond acceptors (Lipinski definition) is 7. The van der Waals surface area contributed by atoms with Crippen LogP contribution in [-0.2, 0) is 4.79 Å². The molecular weight excluding hydrogens is 568 g/mol. The summed E-state index contributed by atoms with van der Waals surface area (Å²) in [5.41, 5.74) is 0.866. The van der Waals surface area contributed by atoms with Gasteiger partial charge in [-0.3, -0.25) is 10.2 Å². The maximum Gasteiger partial charge on any atom is 0.283 e. The summed E-state index contributed by atoms with van der Waals surface area (Å²) < 4.78 is 18.2. The monoisotopic (exact) mass is 596 g/mol. The van der Waals surface area contributed by atoms with Crippen LogP contribution in [-0.4, -0.2) is 46.8 Å². The number of carbonyl (C=O) groups is 1. The summed E-state index contributed by atoms with van der Waals surface area (Å²) in [5.74, 6) is 1.83. The number of benzene rings is 2. The number of hydrogen-bond donors (Lipinski definition) is 1. The summed E-state index contributed by atoms with van der Waals surface area (Å²) in [5, 5.41) is 16.3. The Morgan fingerprint density at radius 3 is 2.63 bits per heavy atom. The number of hydrazone groups is 1. The molecule has 0 unspecified atom stereocenters. The van der Waals surface area contributed by atoms with Gasteiger partial charge in [-0.15, -0.1) is 0 Å². The van der Waals surface area contributed by atoms with Crippen LogP contribution in [0.3, 0.4) is 0 Å². The fourth-order valence-electron chi connectivity index (χ4n) is 4.58. The summed E-state index contributed by atoms with van der Waals surface area (Å²) >= 11 is 5.00. The number of thioether (sulfide) groups is 1. The molecule has 1 saturated carbocycles. The zero-order valence-corrected chi connectivity index (χ0v) is 23.5. The third-order valence-corrected chi connectivity index (χ3v) is 8.07. The molecule has 2 aromatic carbocycles. The van der Waals surface area contributed by atoms with E-state index in [1.54, 1.807) is 12.1 Å². The number of ether oxygens (including phenoxy) is 3. The molecule has 0 bridgehead atoms. The first-order valence-electron chi connectivity index (χ1n) is 12.8. The van der Waals surface area contributed by atoms with Crippen molar-refractivity contribution >= 4 is 55.7 Å². The molecule has 0 aromatic heterocycles. The van der Waals surface area contributed by atoms with Gasteiger partial charge in [-0.2, -0.15) is 15.1 Å². The molecule has 198 valence electrons. The standard InChI is InChI=1S/C28H29BrN4O4S/c1-2-35-23-17-18(16-22(29)24(23)37-14-13-36-20-11-7-4-8-12-20)15-21-25(30)33-28(31-26(21)34)38-27(32-33)19-9-5-3-6-10-19/h4,7-8,11-12,15-17,19,30H,2-3,5-6,9-10,13-14H2,1H3/b21-15-,30-25?. The van der Waals surface area contributed by atoms with Crippen molar-refractivity contribution in [3.63, 3.8) is 0 Å². The molecule has 38 heavy (non-hydrogen) atoms. The lowest BCUT2D eigenvalue weighted by atomic mass is 9.90. The summed E-state index contributed by atoms with van der Waals surface area (Å²) in [4.78, 5) is 17.2. The van der Waals surface area contributed by atoms with Gasteiger partial charge in [-0.1, -0.05) is 37.5 Å². The highest BCUT2D eigenvalue weighted by atomic mass is 79.9. The molecule has 1 N–H and O–H groups in total. The highest BCUT2D eigenvalue weighted by Crippen LogP contribution is 2.39. The lowest BCUT2D eigenvalue weighted by Gasteiger charge is -2.20. The average molecular weight is 598 g/mol. The van der Waals surface area contributed by atoms with E-state index in [0.717, 1.165) is 23.6 Å². The molecule has 0 radical (unpaired) electrons. The molecule has 10 heteroatoms. The van der Waals surface area contributed by atoms with E-state index in [9.17, 15) is 4.79 Å². The van der Waals surface area contributed by atoms with Crippen molar-refractivity contribution in [3.05, 3.63) is 58.1 Å². The molecule has 8 nitrogen and oxygen atoms in total. The quantitative estimate of drug-likeness (QED) is 0.262. The number of nitrogens with one attached hydrogen (secondary N) is 1. The minimum absolute atomic E-state index is 0.0331. The Bertz CT molecular complexity index is 1310. The largest absolute Gasteiger partial charge is 0.490 e. The number of amidine groups is 2. The van der Waals surface area contributed by atoms with Gasteiger partial charge in [0.1, 0.15) is 24.0 Å². The summed E-state index contributed by atoms with van der Waals surface area (Å²) in [7, 11) is 0. The Labute approximate surface area is 234 Å². The second-order valence-corrected chi connectivity index (χ2v) is 10.9. The third-order valence-electron chi connectivity index (χ3n) is 6.41. The molecule has 1 amide bonds. The van der Waals surface area contributed by atoms with Gasteiger partial charge in [0, 0.05) is 5.92 Å². The Kier molecular flexibility index (Phi) is 8.48. The molecule has 1 fully saturated rings. The molecule has 2 aliphatic heterocycles. The van der Waals surface area contributed by atoms with E-state index >= 15 is 0 Å². The van der Waals surface area contributed by atoms with Crippen LogP contribution in [0.4, 0.5) is 0 Å². The van der Waals surface area contributed by atoms with Gasteiger partial charge in [0.05, 0.1) is 16.7 Å². The van der Waals surface area contributed by atoms with E-state index < -0.39 is 5.91 Å². The Morgan fingerprint density at radius 1 is 1.11 bits per heavy atom. The zero-order valence-electron chi connectivity index (χ0n) is 21.1. The van der Waals surface area contributed by atoms with Crippen LogP contribution in [0.25, 0.3) is 6.08 Å². The van der Waals surface area contributed by atoms with Gasteiger partial charge in [0.15, 0.2) is 17.3 Å². The fraction of sp³-hybridized carbons (Fsp3) is 0.357. The van der Waals surface area contributed by atoms with E-state index in [1.807, 2.05) is 43.3 Å². The molecule has 1 aliphatic carbocycles. The molecule has 2 heterocycles. The van der Waals surface area contributed by atoms with Gasteiger partial charge in [0.25, 0.3) is 5.91 Å². The summed E-state index contributed by atoms with van der Waals surface area (Å²) in [6, 6.07) is 13.2. The Balaban J connectivity index is 1.32. The topological polar surface area (TPSA) is 96.6 Å². The minimum Gasteiger partial charge on any atom is -0.490 e. The van der Waals surface area contributed by atoms with Crippen molar-refractivity contribution in [1.29, 1.82) is 5.41 Å². The number of fused-ring (bicyclic) bond motifs is 1. The SMILES string of the molecule is CCOc1cc(/C=C2/C(=N)N3N=C(C4CCCCC4)SC3=NC2=O)cc(Br)c1OCCOc1ccccc1. The first kappa shape index (κ1) is 26.5. The van der Waals surface area contributed by atoms with Gasteiger partial charge >= 0.3 is 0 Å². The fourth-order valence-corrected chi connectivity index (χ4v) is 6.22. The third kappa shape index (κ3) is 5.96. The van der Waals surface area contributed by atoms with Gasteiger partial charge in [-0.25, -0.2) is 0 Å². The van der Waals surface area contributed by atoms with Crippen molar-refractivity contribution in [3.8, 4) is 17.2 Å². The number of amides is 1. The molecule has 0 atom stereocenters.